The van der Waals surface area contributed by atoms with Crippen molar-refractivity contribution in [2.24, 2.45) is 0 Å². The van der Waals surface area contributed by atoms with Crippen molar-refractivity contribution in [3.8, 4) is 5.75 Å². The Kier molecular flexibility index (Phi) is 5.36. The van der Waals surface area contributed by atoms with Crippen molar-refractivity contribution in [2.75, 3.05) is 18.5 Å². The van der Waals surface area contributed by atoms with Crippen LogP contribution in [0.25, 0.3) is 0 Å². The summed E-state index contributed by atoms with van der Waals surface area (Å²) in [4.78, 5) is 11.7. The van der Waals surface area contributed by atoms with Gasteiger partial charge in [0.2, 0.25) is 0 Å². The summed E-state index contributed by atoms with van der Waals surface area (Å²) in [6.45, 7) is 4.68. The van der Waals surface area contributed by atoms with Gasteiger partial charge >= 0.3 is 6.03 Å². The molecule has 0 atom stereocenters. The van der Waals surface area contributed by atoms with Gasteiger partial charge in [0.15, 0.2) is 0 Å². The van der Waals surface area contributed by atoms with E-state index in [-0.39, 0.29) is 0 Å². The molecule has 0 aromatic heterocycles. The molecule has 0 heterocycles. The van der Waals surface area contributed by atoms with Gasteiger partial charge in [0.25, 0.3) is 0 Å². The van der Waals surface area contributed by atoms with Gasteiger partial charge in [-0.25, -0.2) is 9.18 Å². The van der Waals surface area contributed by atoms with Gasteiger partial charge < -0.3 is 15.4 Å². The van der Waals surface area contributed by atoms with Crippen molar-refractivity contribution in [3.05, 3.63) is 59.4 Å². The van der Waals surface area contributed by atoms with E-state index in [9.17, 15) is 9.18 Å². The van der Waals surface area contributed by atoms with Crippen molar-refractivity contribution in [2.45, 2.75) is 13.8 Å². The number of urea groups is 1. The average Bonchev–Trinajstić information content (AvgIpc) is 2.46. The van der Waals surface area contributed by atoms with E-state index in [4.69, 9.17) is 4.74 Å². The van der Waals surface area contributed by atoms with Gasteiger partial charge in [-0.3, -0.25) is 0 Å². The van der Waals surface area contributed by atoms with Crippen LogP contribution in [0.2, 0.25) is 0 Å². The molecule has 0 spiro atoms. The molecule has 0 aliphatic rings. The molecule has 2 amide bonds. The summed E-state index contributed by atoms with van der Waals surface area (Å²) >= 11 is 0. The van der Waals surface area contributed by atoms with Crippen molar-refractivity contribution in [1.29, 1.82) is 0 Å². The molecule has 0 saturated heterocycles. The molecule has 2 aromatic carbocycles. The lowest BCUT2D eigenvalue weighted by atomic mass is 10.1. The second-order valence-electron chi connectivity index (χ2n) is 4.96. The second kappa shape index (κ2) is 7.45. The summed E-state index contributed by atoms with van der Waals surface area (Å²) in [6.07, 6.45) is 0. The number of halogens is 1. The highest BCUT2D eigenvalue weighted by Crippen LogP contribution is 2.21. The lowest BCUT2D eigenvalue weighted by Gasteiger charge is -2.12. The maximum absolute atomic E-state index is 13.0. The Morgan fingerprint density at radius 1 is 1.14 bits per heavy atom. The standard InChI is InChI=1S/C17H19FN2O2/c1-12-5-3-6-13(2)16(12)22-10-9-19-17(21)20-15-8-4-7-14(18)11-15/h3-8,11H,9-10H2,1-2H3,(H2,19,20,21). The molecule has 22 heavy (non-hydrogen) atoms. The molecule has 5 heteroatoms. The average molecular weight is 302 g/mol. The molecule has 116 valence electrons. The second-order valence-corrected chi connectivity index (χ2v) is 4.96. The number of aryl methyl sites for hydroxylation is 2. The zero-order valence-electron chi connectivity index (χ0n) is 12.7. The molecule has 0 bridgehead atoms. The monoisotopic (exact) mass is 302 g/mol. The molecular formula is C17H19FN2O2. The molecule has 0 fully saturated rings. The Bertz CT molecular complexity index is 639. The van der Waals surface area contributed by atoms with Crippen molar-refractivity contribution >= 4 is 11.7 Å². The molecular weight excluding hydrogens is 283 g/mol. The summed E-state index contributed by atoms with van der Waals surface area (Å²) in [5.41, 5.74) is 2.53. The normalized spacial score (nSPS) is 10.1. The lowest BCUT2D eigenvalue weighted by Crippen LogP contribution is -2.32. The van der Waals surface area contributed by atoms with E-state index in [1.165, 1.54) is 18.2 Å². The quantitative estimate of drug-likeness (QED) is 0.828. The summed E-state index contributed by atoms with van der Waals surface area (Å²) in [7, 11) is 0. The Morgan fingerprint density at radius 2 is 1.82 bits per heavy atom. The number of nitrogens with one attached hydrogen (secondary N) is 2. The number of ether oxygens (including phenoxy) is 1. The van der Waals surface area contributed by atoms with Gasteiger partial charge in [-0.05, 0) is 43.2 Å². The van der Waals surface area contributed by atoms with Crippen LogP contribution in [0.5, 0.6) is 5.75 Å². The zero-order valence-corrected chi connectivity index (χ0v) is 12.7. The number of carbonyl (C=O) groups excluding carboxylic acids is 1. The number of carbonyl (C=O) groups is 1. The first kappa shape index (κ1) is 15.8. The van der Waals surface area contributed by atoms with Crippen LogP contribution in [0.3, 0.4) is 0 Å². The first-order valence-corrected chi connectivity index (χ1v) is 7.05. The predicted molar refractivity (Wildman–Crippen MR) is 84.8 cm³/mol. The minimum absolute atomic E-state index is 0.356. The van der Waals surface area contributed by atoms with Gasteiger partial charge in [-0.1, -0.05) is 24.3 Å². The third-order valence-electron chi connectivity index (χ3n) is 3.13. The molecule has 4 nitrogen and oxygen atoms in total. The van der Waals surface area contributed by atoms with Crippen LogP contribution < -0.4 is 15.4 Å². The van der Waals surface area contributed by atoms with E-state index in [0.717, 1.165) is 16.9 Å². The van der Waals surface area contributed by atoms with Crippen LogP contribution >= 0.6 is 0 Å². The summed E-state index contributed by atoms with van der Waals surface area (Å²) in [6, 6.07) is 11.3. The minimum atomic E-state index is -0.393. The highest BCUT2D eigenvalue weighted by Gasteiger charge is 2.04. The van der Waals surface area contributed by atoms with Crippen molar-refractivity contribution in [1.82, 2.24) is 5.32 Å². The van der Waals surface area contributed by atoms with E-state index in [2.05, 4.69) is 10.6 Å². The van der Waals surface area contributed by atoms with E-state index < -0.39 is 11.8 Å². The number of rotatable bonds is 5. The molecule has 0 saturated carbocycles. The third-order valence-corrected chi connectivity index (χ3v) is 3.13. The summed E-state index contributed by atoms with van der Waals surface area (Å²) < 4.78 is 18.7. The molecule has 0 aliphatic carbocycles. The van der Waals surface area contributed by atoms with E-state index >= 15 is 0 Å². The number of hydrogen-bond acceptors (Lipinski definition) is 2. The SMILES string of the molecule is Cc1cccc(C)c1OCCNC(=O)Nc1cccc(F)c1. The first-order valence-electron chi connectivity index (χ1n) is 7.05. The number of amides is 2. The van der Waals surface area contributed by atoms with Crippen LogP contribution in [0, 0.1) is 19.7 Å². The molecule has 0 radical (unpaired) electrons. The predicted octanol–water partition coefficient (Wildman–Crippen LogP) is 3.64. The highest BCUT2D eigenvalue weighted by molar-refractivity contribution is 5.89. The number of para-hydroxylation sites is 1. The number of anilines is 1. The first-order chi connectivity index (χ1) is 10.6. The fourth-order valence-corrected chi connectivity index (χ4v) is 2.09. The van der Waals surface area contributed by atoms with Gasteiger partial charge in [-0.15, -0.1) is 0 Å². The molecule has 2 aromatic rings. The molecule has 0 unspecified atom stereocenters. The van der Waals surface area contributed by atoms with E-state index in [1.54, 1.807) is 6.07 Å². The zero-order chi connectivity index (χ0) is 15.9. The lowest BCUT2D eigenvalue weighted by molar-refractivity contribution is 0.247. The summed E-state index contributed by atoms with van der Waals surface area (Å²) in [5, 5.41) is 5.22. The Balaban J connectivity index is 1.76. The third kappa shape index (κ3) is 4.48. The molecule has 0 aliphatic heterocycles. The van der Waals surface area contributed by atoms with E-state index in [1.807, 2.05) is 32.0 Å². The van der Waals surface area contributed by atoms with Gasteiger partial charge in [0, 0.05) is 5.69 Å². The Hall–Kier alpha value is -2.56. The fraction of sp³-hybridized carbons (Fsp3) is 0.235. The van der Waals surface area contributed by atoms with Gasteiger partial charge in [0.1, 0.15) is 18.2 Å². The largest absolute Gasteiger partial charge is 0.491 e. The highest BCUT2D eigenvalue weighted by atomic mass is 19.1. The van der Waals surface area contributed by atoms with Crippen LogP contribution in [-0.4, -0.2) is 19.2 Å². The van der Waals surface area contributed by atoms with Gasteiger partial charge in [-0.2, -0.15) is 0 Å². The van der Waals surface area contributed by atoms with Crippen LogP contribution in [0.1, 0.15) is 11.1 Å². The smallest absolute Gasteiger partial charge is 0.319 e. The molecule has 2 rings (SSSR count). The number of benzene rings is 2. The van der Waals surface area contributed by atoms with Crippen molar-refractivity contribution < 1.29 is 13.9 Å². The van der Waals surface area contributed by atoms with Crippen LogP contribution in [0.15, 0.2) is 42.5 Å². The van der Waals surface area contributed by atoms with Gasteiger partial charge in [0.05, 0.1) is 6.54 Å². The maximum Gasteiger partial charge on any atom is 0.319 e. The van der Waals surface area contributed by atoms with Crippen molar-refractivity contribution in [3.63, 3.8) is 0 Å². The Labute approximate surface area is 129 Å². The minimum Gasteiger partial charge on any atom is -0.491 e. The summed E-state index contributed by atoms with van der Waals surface area (Å²) in [5.74, 6) is 0.450. The number of hydrogen-bond donors (Lipinski definition) is 2. The maximum atomic E-state index is 13.0. The van der Waals surface area contributed by atoms with Crippen LogP contribution in [0.4, 0.5) is 14.9 Å². The fourth-order valence-electron chi connectivity index (χ4n) is 2.09. The van der Waals surface area contributed by atoms with E-state index in [0.29, 0.717) is 18.8 Å². The van der Waals surface area contributed by atoms with Crippen LogP contribution in [-0.2, 0) is 0 Å². The Morgan fingerprint density at radius 3 is 2.50 bits per heavy atom. The molecule has 2 N–H and O–H groups in total. The topological polar surface area (TPSA) is 50.4 Å².